The Balaban J connectivity index is 1.60. The minimum atomic E-state index is 0.305. The molecule has 0 spiro atoms. The maximum atomic E-state index is 12.4. The van der Waals surface area contributed by atoms with Gasteiger partial charge in [-0.3, -0.25) is 4.79 Å². The summed E-state index contributed by atoms with van der Waals surface area (Å²) in [5, 5.41) is 1.86. The van der Waals surface area contributed by atoms with Crippen LogP contribution in [0.3, 0.4) is 0 Å². The lowest BCUT2D eigenvalue weighted by Crippen LogP contribution is -2.41. The number of carbonyl (C=O) groups excluding carboxylic acids is 1. The average molecular weight is 302 g/mol. The van der Waals surface area contributed by atoms with Crippen molar-refractivity contribution in [2.24, 2.45) is 0 Å². The number of nitrogens with one attached hydrogen (secondary N) is 1. The third-order valence-corrected chi connectivity index (χ3v) is 5.60. The van der Waals surface area contributed by atoms with Crippen LogP contribution < -0.4 is 0 Å². The quantitative estimate of drug-likeness (QED) is 0.939. The van der Waals surface area contributed by atoms with E-state index in [0.717, 1.165) is 37.2 Å². The van der Waals surface area contributed by atoms with Gasteiger partial charge in [-0.1, -0.05) is 25.1 Å². The van der Waals surface area contributed by atoms with Crippen LogP contribution in [-0.2, 0) is 11.2 Å². The number of carbonyl (C=O) groups is 1. The number of fused-ring (bicyclic) bond motifs is 1. The van der Waals surface area contributed by atoms with Gasteiger partial charge in [-0.05, 0) is 24.5 Å². The number of amides is 1. The Hall–Kier alpha value is -1.42. The number of nitrogens with zero attached hydrogens (tertiary/aromatic N) is 1. The van der Waals surface area contributed by atoms with Crippen molar-refractivity contribution in [1.29, 1.82) is 0 Å². The van der Waals surface area contributed by atoms with Gasteiger partial charge in [-0.25, -0.2) is 0 Å². The fourth-order valence-corrected chi connectivity index (χ4v) is 4.11. The topological polar surface area (TPSA) is 36.1 Å². The molecule has 2 aromatic rings. The first-order valence-corrected chi connectivity index (χ1v) is 8.77. The van der Waals surface area contributed by atoms with Gasteiger partial charge in [0, 0.05) is 47.6 Å². The van der Waals surface area contributed by atoms with E-state index in [9.17, 15) is 4.79 Å². The molecular weight excluding hydrogens is 280 g/mol. The lowest BCUT2D eigenvalue weighted by Gasteiger charge is -2.32. The molecule has 1 unspecified atom stereocenters. The van der Waals surface area contributed by atoms with E-state index in [-0.39, 0.29) is 0 Å². The summed E-state index contributed by atoms with van der Waals surface area (Å²) in [6.45, 7) is 4.04. The highest BCUT2D eigenvalue weighted by molar-refractivity contribution is 8.00. The van der Waals surface area contributed by atoms with Crippen molar-refractivity contribution in [3.8, 4) is 0 Å². The standard InChI is InChI=1S/C17H22N2OS/c1-2-14-12-19(9-10-21-14)17(20)8-7-13-11-18-16-6-4-3-5-15(13)16/h3-6,11,14,18H,2,7-10,12H2,1H3. The first-order valence-electron chi connectivity index (χ1n) is 7.72. The minimum Gasteiger partial charge on any atom is -0.361 e. The second-order valence-corrected chi connectivity index (χ2v) is 7.01. The predicted molar refractivity (Wildman–Crippen MR) is 89.7 cm³/mol. The van der Waals surface area contributed by atoms with Crippen LogP contribution in [0.1, 0.15) is 25.3 Å². The number of hydrogen-bond donors (Lipinski definition) is 1. The number of aromatic amines is 1. The molecule has 1 N–H and O–H groups in total. The number of H-pyrrole nitrogens is 1. The van der Waals surface area contributed by atoms with Crippen LogP contribution in [0.15, 0.2) is 30.5 Å². The summed E-state index contributed by atoms with van der Waals surface area (Å²) < 4.78 is 0. The van der Waals surface area contributed by atoms with Crippen molar-refractivity contribution in [3.63, 3.8) is 0 Å². The zero-order valence-electron chi connectivity index (χ0n) is 12.5. The van der Waals surface area contributed by atoms with Crippen LogP contribution in [0.5, 0.6) is 0 Å². The number of aromatic nitrogens is 1. The normalized spacial score (nSPS) is 19.1. The van der Waals surface area contributed by atoms with Crippen LogP contribution in [0.4, 0.5) is 0 Å². The molecule has 4 heteroatoms. The number of thioether (sulfide) groups is 1. The molecule has 1 aromatic heterocycles. The molecule has 112 valence electrons. The molecule has 2 heterocycles. The molecule has 1 fully saturated rings. The van der Waals surface area contributed by atoms with E-state index >= 15 is 0 Å². The van der Waals surface area contributed by atoms with Gasteiger partial charge in [-0.15, -0.1) is 0 Å². The molecule has 3 rings (SSSR count). The molecule has 1 saturated heterocycles. The number of benzene rings is 1. The highest BCUT2D eigenvalue weighted by Crippen LogP contribution is 2.23. The SMILES string of the molecule is CCC1CN(C(=O)CCc2c[nH]c3ccccc23)CCS1. The molecule has 0 aliphatic carbocycles. The highest BCUT2D eigenvalue weighted by Gasteiger charge is 2.22. The number of rotatable bonds is 4. The molecule has 1 aromatic carbocycles. The van der Waals surface area contributed by atoms with Gasteiger partial charge in [0.15, 0.2) is 0 Å². The summed E-state index contributed by atoms with van der Waals surface area (Å²) in [5.41, 5.74) is 2.40. The minimum absolute atomic E-state index is 0.305. The smallest absolute Gasteiger partial charge is 0.222 e. The average Bonchev–Trinajstić information content (AvgIpc) is 2.96. The van der Waals surface area contributed by atoms with Crippen molar-refractivity contribution >= 4 is 28.6 Å². The molecule has 3 nitrogen and oxygen atoms in total. The summed E-state index contributed by atoms with van der Waals surface area (Å²) in [4.78, 5) is 17.7. The van der Waals surface area contributed by atoms with E-state index in [1.807, 2.05) is 24.0 Å². The van der Waals surface area contributed by atoms with Crippen LogP contribution >= 0.6 is 11.8 Å². The maximum absolute atomic E-state index is 12.4. The summed E-state index contributed by atoms with van der Waals surface area (Å²) >= 11 is 2.00. The van der Waals surface area contributed by atoms with Crippen molar-refractivity contribution < 1.29 is 4.79 Å². The van der Waals surface area contributed by atoms with E-state index < -0.39 is 0 Å². The predicted octanol–water partition coefficient (Wildman–Crippen LogP) is 3.45. The number of hydrogen-bond acceptors (Lipinski definition) is 2. The van der Waals surface area contributed by atoms with Crippen molar-refractivity contribution in [2.45, 2.75) is 31.4 Å². The van der Waals surface area contributed by atoms with E-state index in [1.165, 1.54) is 10.9 Å². The molecule has 21 heavy (non-hydrogen) atoms. The van der Waals surface area contributed by atoms with Crippen LogP contribution in [0, 0.1) is 0 Å². The van der Waals surface area contributed by atoms with Crippen LogP contribution in [0.2, 0.25) is 0 Å². The summed E-state index contributed by atoms with van der Waals surface area (Å²) in [5.74, 6) is 1.39. The zero-order valence-corrected chi connectivity index (χ0v) is 13.3. The second-order valence-electron chi connectivity index (χ2n) is 5.60. The lowest BCUT2D eigenvalue weighted by molar-refractivity contribution is -0.131. The Kier molecular flexibility index (Phi) is 4.54. The molecule has 0 saturated carbocycles. The third-order valence-electron chi connectivity index (χ3n) is 4.23. The fraction of sp³-hybridized carbons (Fsp3) is 0.471. The zero-order chi connectivity index (χ0) is 14.7. The van der Waals surface area contributed by atoms with E-state index in [4.69, 9.17) is 0 Å². The third kappa shape index (κ3) is 3.26. The Labute approximate surface area is 130 Å². The summed E-state index contributed by atoms with van der Waals surface area (Å²) in [6.07, 6.45) is 4.63. The Morgan fingerprint density at radius 3 is 3.14 bits per heavy atom. The number of para-hydroxylation sites is 1. The fourth-order valence-electron chi connectivity index (χ4n) is 2.93. The Morgan fingerprint density at radius 1 is 1.43 bits per heavy atom. The molecule has 1 atom stereocenters. The first kappa shape index (κ1) is 14.5. The summed E-state index contributed by atoms with van der Waals surface area (Å²) in [7, 11) is 0. The van der Waals surface area contributed by atoms with Gasteiger partial charge in [0.05, 0.1) is 0 Å². The highest BCUT2D eigenvalue weighted by atomic mass is 32.2. The molecule has 0 radical (unpaired) electrons. The van der Waals surface area contributed by atoms with Crippen molar-refractivity contribution in [1.82, 2.24) is 9.88 Å². The first-order chi connectivity index (χ1) is 10.3. The summed E-state index contributed by atoms with van der Waals surface area (Å²) in [6, 6.07) is 8.28. The Bertz CT molecular complexity index is 622. The van der Waals surface area contributed by atoms with E-state index in [2.05, 4.69) is 35.0 Å². The second kappa shape index (κ2) is 6.56. The van der Waals surface area contributed by atoms with Gasteiger partial charge in [0.1, 0.15) is 0 Å². The van der Waals surface area contributed by atoms with Gasteiger partial charge in [0.25, 0.3) is 0 Å². The van der Waals surface area contributed by atoms with Gasteiger partial charge >= 0.3 is 0 Å². The maximum Gasteiger partial charge on any atom is 0.222 e. The Morgan fingerprint density at radius 2 is 2.29 bits per heavy atom. The van der Waals surface area contributed by atoms with Gasteiger partial charge < -0.3 is 9.88 Å². The van der Waals surface area contributed by atoms with Crippen LogP contribution in [0.25, 0.3) is 10.9 Å². The molecular formula is C17H22N2OS. The molecule has 1 aliphatic heterocycles. The van der Waals surface area contributed by atoms with Crippen LogP contribution in [-0.4, -0.2) is 39.9 Å². The van der Waals surface area contributed by atoms with Gasteiger partial charge in [-0.2, -0.15) is 11.8 Å². The monoisotopic (exact) mass is 302 g/mol. The van der Waals surface area contributed by atoms with E-state index in [1.54, 1.807) is 0 Å². The molecule has 1 amide bonds. The lowest BCUT2D eigenvalue weighted by atomic mass is 10.1. The molecule has 1 aliphatic rings. The van der Waals surface area contributed by atoms with Gasteiger partial charge in [0.2, 0.25) is 5.91 Å². The van der Waals surface area contributed by atoms with Crippen molar-refractivity contribution in [2.75, 3.05) is 18.8 Å². The van der Waals surface area contributed by atoms with Crippen molar-refractivity contribution in [3.05, 3.63) is 36.0 Å². The number of aryl methyl sites for hydroxylation is 1. The molecule has 0 bridgehead atoms. The van der Waals surface area contributed by atoms with E-state index in [0.29, 0.717) is 17.6 Å². The largest absolute Gasteiger partial charge is 0.361 e.